The summed E-state index contributed by atoms with van der Waals surface area (Å²) in [5.41, 5.74) is 3.80. The molecule has 4 heteroatoms. The first-order valence-electron chi connectivity index (χ1n) is 4.50. The van der Waals surface area contributed by atoms with Gasteiger partial charge in [-0.25, -0.2) is 0 Å². The smallest absolute Gasteiger partial charge is 0.102 e. The van der Waals surface area contributed by atoms with Gasteiger partial charge in [0.1, 0.15) is 6.10 Å². The van der Waals surface area contributed by atoms with Crippen LogP contribution in [0.5, 0.6) is 0 Å². The maximum Gasteiger partial charge on any atom is 0.102 e. The number of aliphatic hydroxyl groups excluding tert-OH is 2. The molecule has 3 N–H and O–H groups in total. The minimum Gasteiger partial charge on any atom is -0.394 e. The van der Waals surface area contributed by atoms with E-state index in [0.29, 0.717) is 6.54 Å². The van der Waals surface area contributed by atoms with Crippen LogP contribution in [-0.4, -0.2) is 29.5 Å². The summed E-state index contributed by atoms with van der Waals surface area (Å²) < 4.78 is 0. The Morgan fingerprint density at radius 1 is 1.29 bits per heavy atom. The Bertz CT molecular complexity index is 240. The van der Waals surface area contributed by atoms with Crippen molar-refractivity contribution in [2.75, 3.05) is 13.2 Å². The molecule has 14 heavy (non-hydrogen) atoms. The predicted molar refractivity (Wildman–Crippen MR) is 52.3 cm³/mol. The average molecular weight is 197 g/mol. The third-order valence-corrected chi connectivity index (χ3v) is 1.71. The van der Waals surface area contributed by atoms with Crippen LogP contribution in [0.1, 0.15) is 5.56 Å². The molecule has 1 aromatic rings. The monoisotopic (exact) mass is 197 g/mol. The molecule has 0 aromatic heterocycles. The Morgan fingerprint density at radius 3 is 2.64 bits per heavy atom. The molecule has 0 saturated carbocycles. The number of benzene rings is 1. The number of hydrogen-bond acceptors (Lipinski definition) is 4. The summed E-state index contributed by atoms with van der Waals surface area (Å²) >= 11 is 0. The van der Waals surface area contributed by atoms with E-state index in [1.165, 1.54) is 0 Å². The third kappa shape index (κ3) is 4.34. The first-order valence-corrected chi connectivity index (χ1v) is 4.50. The molecule has 0 spiro atoms. The number of rotatable bonds is 6. The summed E-state index contributed by atoms with van der Waals surface area (Å²) in [6.45, 7) is 0.384. The zero-order chi connectivity index (χ0) is 10.2. The second kappa shape index (κ2) is 6.50. The van der Waals surface area contributed by atoms with Crippen molar-refractivity contribution in [2.45, 2.75) is 12.6 Å². The highest BCUT2D eigenvalue weighted by molar-refractivity contribution is 5.13. The molecule has 0 fully saturated rings. The maximum atomic E-state index is 8.94. The second-order valence-corrected chi connectivity index (χ2v) is 2.95. The van der Waals surface area contributed by atoms with Crippen LogP contribution in [0.25, 0.3) is 0 Å². The summed E-state index contributed by atoms with van der Waals surface area (Å²) in [7, 11) is 0. The van der Waals surface area contributed by atoms with E-state index in [1.807, 2.05) is 30.3 Å². The fourth-order valence-corrected chi connectivity index (χ4v) is 0.938. The summed E-state index contributed by atoms with van der Waals surface area (Å²) in [4.78, 5) is 4.93. The van der Waals surface area contributed by atoms with E-state index in [9.17, 15) is 0 Å². The van der Waals surface area contributed by atoms with Crippen LogP contribution in [0.4, 0.5) is 0 Å². The lowest BCUT2D eigenvalue weighted by atomic mass is 10.2. The van der Waals surface area contributed by atoms with Crippen molar-refractivity contribution in [3.63, 3.8) is 0 Å². The predicted octanol–water partition coefficient (Wildman–Crippen LogP) is 0.0610. The summed E-state index contributed by atoms with van der Waals surface area (Å²) in [6.07, 6.45) is -0.821. The molecule has 1 rings (SSSR count). The number of aliphatic hydroxyl groups is 2. The molecule has 0 radical (unpaired) electrons. The van der Waals surface area contributed by atoms with Crippen LogP contribution in [0, 0.1) is 0 Å². The molecule has 78 valence electrons. The molecule has 0 heterocycles. The molecule has 0 aliphatic rings. The minimum atomic E-state index is -0.821. The van der Waals surface area contributed by atoms with Gasteiger partial charge in [-0.2, -0.15) is 5.48 Å². The molecular formula is C10H15NO3. The molecule has 0 aliphatic carbocycles. The van der Waals surface area contributed by atoms with Gasteiger partial charge in [-0.15, -0.1) is 0 Å². The van der Waals surface area contributed by atoms with Gasteiger partial charge in [-0.05, 0) is 5.56 Å². The van der Waals surface area contributed by atoms with E-state index >= 15 is 0 Å². The van der Waals surface area contributed by atoms with Gasteiger partial charge in [0.05, 0.1) is 13.2 Å². The number of nitrogens with one attached hydrogen (secondary N) is 1. The van der Waals surface area contributed by atoms with Crippen LogP contribution in [-0.2, 0) is 11.4 Å². The van der Waals surface area contributed by atoms with Gasteiger partial charge in [0.2, 0.25) is 0 Å². The molecule has 0 saturated heterocycles. The van der Waals surface area contributed by atoms with Crippen molar-refractivity contribution >= 4 is 0 Å². The largest absolute Gasteiger partial charge is 0.394 e. The van der Waals surface area contributed by atoms with E-state index in [-0.39, 0.29) is 13.2 Å². The van der Waals surface area contributed by atoms with E-state index in [0.717, 1.165) is 5.56 Å². The highest BCUT2D eigenvalue weighted by Crippen LogP contribution is 1.96. The van der Waals surface area contributed by atoms with E-state index in [4.69, 9.17) is 15.1 Å². The van der Waals surface area contributed by atoms with Gasteiger partial charge in [0, 0.05) is 6.54 Å². The van der Waals surface area contributed by atoms with Crippen molar-refractivity contribution in [1.29, 1.82) is 0 Å². The standard InChI is InChI=1S/C10H15NO3/c12-7-10(13)8-14-11-6-9-4-2-1-3-5-9/h1-5,10-13H,6-8H2. The van der Waals surface area contributed by atoms with Gasteiger partial charge in [0.15, 0.2) is 0 Å². The molecular weight excluding hydrogens is 182 g/mol. The molecule has 4 nitrogen and oxygen atoms in total. The molecule has 1 atom stereocenters. The Labute approximate surface area is 83.1 Å². The van der Waals surface area contributed by atoms with Crippen molar-refractivity contribution < 1.29 is 15.1 Å². The average Bonchev–Trinajstić information content (AvgIpc) is 2.25. The first-order chi connectivity index (χ1) is 6.83. The molecule has 1 aromatic carbocycles. The number of hydroxylamine groups is 1. The minimum absolute atomic E-state index is 0.0866. The zero-order valence-electron chi connectivity index (χ0n) is 7.89. The molecule has 0 amide bonds. The van der Waals surface area contributed by atoms with Gasteiger partial charge in [0.25, 0.3) is 0 Å². The SMILES string of the molecule is OCC(O)CONCc1ccccc1. The van der Waals surface area contributed by atoms with E-state index in [2.05, 4.69) is 5.48 Å². The van der Waals surface area contributed by atoms with E-state index < -0.39 is 6.10 Å². The second-order valence-electron chi connectivity index (χ2n) is 2.95. The molecule has 0 bridgehead atoms. The fourth-order valence-electron chi connectivity index (χ4n) is 0.938. The molecule has 0 aliphatic heterocycles. The third-order valence-electron chi connectivity index (χ3n) is 1.71. The quantitative estimate of drug-likeness (QED) is 0.446. The zero-order valence-corrected chi connectivity index (χ0v) is 7.89. The van der Waals surface area contributed by atoms with Gasteiger partial charge in [-0.3, -0.25) is 4.84 Å². The van der Waals surface area contributed by atoms with Gasteiger partial charge >= 0.3 is 0 Å². The Hall–Kier alpha value is -0.940. The molecule has 1 unspecified atom stereocenters. The Kier molecular flexibility index (Phi) is 5.17. The van der Waals surface area contributed by atoms with Crippen LogP contribution < -0.4 is 5.48 Å². The fraction of sp³-hybridized carbons (Fsp3) is 0.400. The van der Waals surface area contributed by atoms with Gasteiger partial charge < -0.3 is 10.2 Å². The van der Waals surface area contributed by atoms with Gasteiger partial charge in [-0.1, -0.05) is 30.3 Å². The lowest BCUT2D eigenvalue weighted by molar-refractivity contribution is -0.0394. The highest BCUT2D eigenvalue weighted by Gasteiger charge is 2.00. The van der Waals surface area contributed by atoms with Crippen LogP contribution in [0.2, 0.25) is 0 Å². The highest BCUT2D eigenvalue weighted by atomic mass is 16.6. The lowest BCUT2D eigenvalue weighted by Crippen LogP contribution is -2.25. The van der Waals surface area contributed by atoms with Crippen LogP contribution in [0.3, 0.4) is 0 Å². The normalized spacial score (nSPS) is 12.7. The lowest BCUT2D eigenvalue weighted by Gasteiger charge is -2.08. The van der Waals surface area contributed by atoms with Crippen molar-refractivity contribution in [1.82, 2.24) is 5.48 Å². The van der Waals surface area contributed by atoms with Crippen molar-refractivity contribution in [2.24, 2.45) is 0 Å². The summed E-state index contributed by atoms with van der Waals surface area (Å²) in [6, 6.07) is 9.77. The summed E-state index contributed by atoms with van der Waals surface area (Å²) in [5, 5.41) is 17.4. The van der Waals surface area contributed by atoms with Crippen LogP contribution >= 0.6 is 0 Å². The van der Waals surface area contributed by atoms with Crippen LogP contribution in [0.15, 0.2) is 30.3 Å². The summed E-state index contributed by atoms with van der Waals surface area (Å²) in [5.74, 6) is 0. The van der Waals surface area contributed by atoms with Crippen molar-refractivity contribution in [3.05, 3.63) is 35.9 Å². The topological polar surface area (TPSA) is 61.7 Å². The first kappa shape index (κ1) is 11.1. The Morgan fingerprint density at radius 2 is 2.00 bits per heavy atom. The Balaban J connectivity index is 2.10. The maximum absolute atomic E-state index is 8.94. The van der Waals surface area contributed by atoms with E-state index in [1.54, 1.807) is 0 Å². The van der Waals surface area contributed by atoms with Crippen molar-refractivity contribution in [3.8, 4) is 0 Å². The number of hydrogen-bond donors (Lipinski definition) is 3.